The minimum Gasteiger partial charge on any atom is -0.448 e. The van der Waals surface area contributed by atoms with E-state index in [9.17, 15) is 9.59 Å². The minimum atomic E-state index is -0.974. The number of oxime groups is 1. The third kappa shape index (κ3) is 4.01. The van der Waals surface area contributed by atoms with E-state index in [1.165, 1.54) is 0 Å². The van der Waals surface area contributed by atoms with Crippen molar-refractivity contribution in [2.24, 2.45) is 22.0 Å². The van der Waals surface area contributed by atoms with E-state index in [-0.39, 0.29) is 24.9 Å². The average molecular weight is 286 g/mol. The molecular weight excluding hydrogens is 264 g/mol. The molecule has 0 radical (unpaired) electrons. The van der Waals surface area contributed by atoms with Crippen molar-refractivity contribution in [3.05, 3.63) is 0 Å². The van der Waals surface area contributed by atoms with Gasteiger partial charge in [-0.15, -0.1) is 0 Å². The second-order valence-electron chi connectivity index (χ2n) is 4.90. The van der Waals surface area contributed by atoms with E-state index >= 15 is 0 Å². The molecule has 8 nitrogen and oxygen atoms in total. The molecule has 1 saturated carbocycles. The first-order valence-electron chi connectivity index (χ1n) is 6.71. The summed E-state index contributed by atoms with van der Waals surface area (Å²) in [7, 11) is 0. The van der Waals surface area contributed by atoms with Gasteiger partial charge < -0.3 is 26.7 Å². The Kier molecular flexibility index (Phi) is 6.08. The highest BCUT2D eigenvalue weighted by molar-refractivity contribution is 6.06. The molecule has 0 unspecified atom stereocenters. The number of rotatable bonds is 5. The molecule has 2 amide bonds. The van der Waals surface area contributed by atoms with E-state index in [4.69, 9.17) is 16.7 Å². The standard InChI is InChI=1S/C12H22N4O4/c13-9(16-19)12(5-3-1-2-4-6-12)10(17)15-7-8-20-11(14)18/h19H,1-8H2,(H2,13,16)(H2,14,18)(H,15,17). The van der Waals surface area contributed by atoms with Gasteiger partial charge in [-0.25, -0.2) is 4.79 Å². The third-order valence-corrected chi connectivity index (χ3v) is 3.62. The number of nitrogens with zero attached hydrogens (tertiary/aromatic N) is 1. The number of hydrogen-bond donors (Lipinski definition) is 4. The van der Waals surface area contributed by atoms with Crippen LogP contribution in [-0.4, -0.2) is 36.2 Å². The second-order valence-corrected chi connectivity index (χ2v) is 4.90. The number of carbonyl (C=O) groups excluding carboxylic acids is 2. The van der Waals surface area contributed by atoms with E-state index in [2.05, 4.69) is 15.2 Å². The maximum Gasteiger partial charge on any atom is 0.404 e. The zero-order valence-corrected chi connectivity index (χ0v) is 11.4. The number of primary amides is 1. The molecule has 0 aliphatic heterocycles. The molecule has 0 bridgehead atoms. The zero-order chi connectivity index (χ0) is 15.0. The van der Waals surface area contributed by atoms with E-state index in [0.717, 1.165) is 25.7 Å². The molecule has 0 aromatic carbocycles. The van der Waals surface area contributed by atoms with Gasteiger partial charge in [-0.1, -0.05) is 30.8 Å². The maximum absolute atomic E-state index is 12.4. The Labute approximate surface area is 117 Å². The van der Waals surface area contributed by atoms with Crippen LogP contribution in [0.1, 0.15) is 38.5 Å². The van der Waals surface area contributed by atoms with Crippen LogP contribution >= 0.6 is 0 Å². The number of amidine groups is 1. The van der Waals surface area contributed by atoms with Crippen LogP contribution in [-0.2, 0) is 9.53 Å². The summed E-state index contributed by atoms with van der Waals surface area (Å²) in [6, 6.07) is 0. The van der Waals surface area contributed by atoms with Crippen molar-refractivity contribution in [3.63, 3.8) is 0 Å². The molecular formula is C12H22N4O4. The quantitative estimate of drug-likeness (QED) is 0.143. The molecule has 0 atom stereocenters. The summed E-state index contributed by atoms with van der Waals surface area (Å²) in [5.41, 5.74) is 9.59. The lowest BCUT2D eigenvalue weighted by Gasteiger charge is -2.29. The summed E-state index contributed by atoms with van der Waals surface area (Å²) in [4.78, 5) is 22.8. The first-order chi connectivity index (χ1) is 9.53. The number of carbonyl (C=O) groups is 2. The highest BCUT2D eigenvalue weighted by Gasteiger charge is 2.42. The van der Waals surface area contributed by atoms with Crippen molar-refractivity contribution in [2.45, 2.75) is 38.5 Å². The molecule has 0 spiro atoms. The highest BCUT2D eigenvalue weighted by atomic mass is 16.5. The first kappa shape index (κ1) is 16.1. The molecule has 1 aliphatic rings. The number of ether oxygens (including phenoxy) is 1. The Morgan fingerprint density at radius 1 is 1.20 bits per heavy atom. The summed E-state index contributed by atoms with van der Waals surface area (Å²) in [5, 5.41) is 14.6. The van der Waals surface area contributed by atoms with E-state index in [1.54, 1.807) is 0 Å². The Morgan fingerprint density at radius 2 is 1.80 bits per heavy atom. The third-order valence-electron chi connectivity index (χ3n) is 3.62. The van der Waals surface area contributed by atoms with Crippen LogP contribution in [0.2, 0.25) is 0 Å². The summed E-state index contributed by atoms with van der Waals surface area (Å²) in [5.74, 6) is -0.365. The normalized spacial score (nSPS) is 18.9. The SMILES string of the molecule is NC(=O)OCCNC(=O)C1(C(N)=NO)CCCCCC1. The van der Waals surface area contributed by atoms with Gasteiger partial charge in [0.2, 0.25) is 5.91 Å². The second kappa shape index (κ2) is 7.56. The Morgan fingerprint density at radius 3 is 2.30 bits per heavy atom. The molecule has 0 aromatic rings. The Hall–Kier alpha value is -1.99. The van der Waals surface area contributed by atoms with Crippen LogP contribution in [0, 0.1) is 5.41 Å². The average Bonchev–Trinajstić information content (AvgIpc) is 2.69. The van der Waals surface area contributed by atoms with Gasteiger partial charge in [-0.2, -0.15) is 0 Å². The van der Waals surface area contributed by atoms with Crippen molar-refractivity contribution in [2.75, 3.05) is 13.2 Å². The van der Waals surface area contributed by atoms with Crippen LogP contribution in [0.15, 0.2) is 5.16 Å². The summed E-state index contributed by atoms with van der Waals surface area (Å²) in [6.07, 6.45) is 3.95. The number of hydrogen-bond acceptors (Lipinski definition) is 5. The molecule has 0 heterocycles. The van der Waals surface area contributed by atoms with Crippen LogP contribution in [0.3, 0.4) is 0 Å². The predicted molar refractivity (Wildman–Crippen MR) is 72.1 cm³/mol. The van der Waals surface area contributed by atoms with Crippen LogP contribution in [0.4, 0.5) is 4.79 Å². The minimum absolute atomic E-state index is 0.00662. The molecule has 1 aliphatic carbocycles. The summed E-state index contributed by atoms with van der Waals surface area (Å²) in [6.45, 7) is 0.134. The first-order valence-corrected chi connectivity index (χ1v) is 6.71. The molecule has 0 saturated heterocycles. The smallest absolute Gasteiger partial charge is 0.404 e. The van der Waals surface area contributed by atoms with E-state index in [1.807, 2.05) is 0 Å². The van der Waals surface area contributed by atoms with Crippen LogP contribution < -0.4 is 16.8 Å². The van der Waals surface area contributed by atoms with Gasteiger partial charge in [0, 0.05) is 0 Å². The molecule has 0 aromatic heterocycles. The fourth-order valence-corrected chi connectivity index (χ4v) is 2.51. The fraction of sp³-hybridized carbons (Fsp3) is 0.750. The van der Waals surface area contributed by atoms with Gasteiger partial charge >= 0.3 is 6.09 Å². The maximum atomic E-state index is 12.4. The van der Waals surface area contributed by atoms with Gasteiger partial charge in [0.1, 0.15) is 12.0 Å². The predicted octanol–water partition coefficient (Wildman–Crippen LogP) is 0.285. The van der Waals surface area contributed by atoms with Crippen molar-refractivity contribution in [1.82, 2.24) is 5.32 Å². The number of amides is 2. The van der Waals surface area contributed by atoms with Gasteiger partial charge in [0.15, 0.2) is 5.84 Å². The van der Waals surface area contributed by atoms with Gasteiger partial charge in [0.25, 0.3) is 0 Å². The topological polar surface area (TPSA) is 140 Å². The van der Waals surface area contributed by atoms with Crippen molar-refractivity contribution in [3.8, 4) is 0 Å². The van der Waals surface area contributed by atoms with Crippen molar-refractivity contribution >= 4 is 17.8 Å². The molecule has 6 N–H and O–H groups in total. The summed E-state index contributed by atoms with van der Waals surface area (Å²) >= 11 is 0. The lowest BCUT2D eigenvalue weighted by Crippen LogP contribution is -2.50. The van der Waals surface area contributed by atoms with Crippen molar-refractivity contribution < 1.29 is 19.5 Å². The molecule has 114 valence electrons. The largest absolute Gasteiger partial charge is 0.448 e. The van der Waals surface area contributed by atoms with Crippen molar-refractivity contribution in [1.29, 1.82) is 0 Å². The molecule has 1 rings (SSSR count). The number of nitrogens with one attached hydrogen (secondary N) is 1. The lowest BCUT2D eigenvalue weighted by molar-refractivity contribution is -0.128. The molecule has 20 heavy (non-hydrogen) atoms. The van der Waals surface area contributed by atoms with Gasteiger partial charge in [-0.3, -0.25) is 4.79 Å². The van der Waals surface area contributed by atoms with Crippen LogP contribution in [0.5, 0.6) is 0 Å². The lowest BCUT2D eigenvalue weighted by atomic mass is 9.78. The summed E-state index contributed by atoms with van der Waals surface area (Å²) < 4.78 is 4.54. The Balaban J connectivity index is 2.67. The molecule has 1 fully saturated rings. The number of nitrogens with two attached hydrogens (primary N) is 2. The van der Waals surface area contributed by atoms with Crippen LogP contribution in [0.25, 0.3) is 0 Å². The highest BCUT2D eigenvalue weighted by Crippen LogP contribution is 2.35. The van der Waals surface area contributed by atoms with E-state index < -0.39 is 11.5 Å². The zero-order valence-electron chi connectivity index (χ0n) is 11.4. The van der Waals surface area contributed by atoms with Gasteiger partial charge in [0.05, 0.1) is 6.54 Å². The molecule has 8 heteroatoms. The fourth-order valence-electron chi connectivity index (χ4n) is 2.51. The van der Waals surface area contributed by atoms with E-state index in [0.29, 0.717) is 12.8 Å². The Bertz CT molecular complexity index is 376. The van der Waals surface area contributed by atoms with Gasteiger partial charge in [-0.05, 0) is 12.8 Å². The monoisotopic (exact) mass is 286 g/mol.